The van der Waals surface area contributed by atoms with Crippen molar-refractivity contribution in [1.82, 2.24) is 0 Å². The summed E-state index contributed by atoms with van der Waals surface area (Å²) in [7, 11) is 0. The van der Waals surface area contributed by atoms with Crippen LogP contribution in [-0.4, -0.2) is 0 Å². The lowest BCUT2D eigenvalue weighted by atomic mass is 10.3. The van der Waals surface area contributed by atoms with Crippen molar-refractivity contribution < 1.29 is 0 Å². The second-order valence-corrected chi connectivity index (χ2v) is 3.40. The van der Waals surface area contributed by atoms with Crippen molar-refractivity contribution in [1.29, 1.82) is 0 Å². The molecule has 1 heterocycles. The molecule has 1 aromatic rings. The monoisotopic (exact) mass is 180 g/mol. The first-order valence-corrected chi connectivity index (χ1v) is 4.33. The van der Waals surface area contributed by atoms with Gasteiger partial charge >= 0.3 is 0 Å². The van der Waals surface area contributed by atoms with E-state index in [-0.39, 0.29) is 0 Å². The Hall–Kier alpha value is 0.280. The third kappa shape index (κ3) is 1.40. The molecule has 0 nitrogen and oxygen atoms in total. The Bertz CT molecular complexity index is 205. The van der Waals surface area contributed by atoms with Gasteiger partial charge in [0.15, 0.2) is 0 Å². The smallest absolute Gasteiger partial charge is 0.0586 e. The second kappa shape index (κ2) is 2.91. The quantitative estimate of drug-likeness (QED) is 0.582. The van der Waals surface area contributed by atoms with Gasteiger partial charge in [-0.05, 0) is 17.9 Å². The van der Waals surface area contributed by atoms with E-state index in [4.69, 9.17) is 23.2 Å². The Kier molecular flexibility index (Phi) is 2.39. The van der Waals surface area contributed by atoms with E-state index in [1.54, 1.807) is 11.3 Å². The van der Waals surface area contributed by atoms with Crippen LogP contribution in [0.3, 0.4) is 0 Å². The summed E-state index contributed by atoms with van der Waals surface area (Å²) < 4.78 is 0. The lowest BCUT2D eigenvalue weighted by Gasteiger charge is -1.87. The molecule has 50 valence electrons. The van der Waals surface area contributed by atoms with Crippen LogP contribution in [-0.2, 0) is 5.88 Å². The highest BCUT2D eigenvalue weighted by Gasteiger charge is 2.02. The van der Waals surface area contributed by atoms with Crippen molar-refractivity contribution >= 4 is 34.5 Å². The molecule has 1 aromatic heterocycles. The molecular weight excluding hydrogens is 175 g/mol. The molecule has 0 unspecified atom stereocenters. The average Bonchev–Trinajstić information content (AvgIpc) is 2.15. The molecule has 0 bridgehead atoms. The number of thiophene rings is 1. The predicted octanol–water partition coefficient (Wildman–Crippen LogP) is 3.45. The van der Waals surface area contributed by atoms with Crippen LogP contribution in [0.2, 0.25) is 5.02 Å². The first-order valence-electron chi connectivity index (χ1n) is 2.54. The summed E-state index contributed by atoms with van der Waals surface area (Å²) in [5.74, 6) is 0.525. The minimum atomic E-state index is 0.525. The van der Waals surface area contributed by atoms with E-state index in [0.717, 1.165) is 15.5 Å². The standard InChI is InChI=1S/C6H6Cl2S/c1-4-3-9-5(2-7)6(4)8/h3H,2H2,1H3. The molecule has 1 rings (SSSR count). The summed E-state index contributed by atoms with van der Waals surface area (Å²) in [6.07, 6.45) is 0. The molecule has 0 saturated heterocycles. The zero-order valence-electron chi connectivity index (χ0n) is 4.95. The van der Waals surface area contributed by atoms with Crippen LogP contribution in [0, 0.1) is 6.92 Å². The Morgan fingerprint density at radius 3 is 2.56 bits per heavy atom. The predicted molar refractivity (Wildman–Crippen MR) is 43.6 cm³/mol. The van der Waals surface area contributed by atoms with E-state index in [9.17, 15) is 0 Å². The van der Waals surface area contributed by atoms with Crippen LogP contribution in [0.5, 0.6) is 0 Å². The van der Waals surface area contributed by atoms with E-state index in [2.05, 4.69) is 0 Å². The molecule has 0 N–H and O–H groups in total. The number of halogens is 2. The lowest BCUT2D eigenvalue weighted by Crippen LogP contribution is -1.69. The number of hydrogen-bond donors (Lipinski definition) is 0. The van der Waals surface area contributed by atoms with Gasteiger partial charge in [0, 0.05) is 4.88 Å². The maximum Gasteiger partial charge on any atom is 0.0586 e. The highest BCUT2D eigenvalue weighted by Crippen LogP contribution is 2.27. The summed E-state index contributed by atoms with van der Waals surface area (Å²) in [4.78, 5) is 1.07. The molecule has 9 heavy (non-hydrogen) atoms. The Labute approximate surface area is 68.4 Å². The molecule has 0 saturated carbocycles. The number of aryl methyl sites for hydroxylation is 1. The minimum absolute atomic E-state index is 0.525. The Balaban J connectivity index is 3.04. The van der Waals surface area contributed by atoms with Crippen LogP contribution < -0.4 is 0 Å². The van der Waals surface area contributed by atoms with E-state index in [1.165, 1.54) is 0 Å². The molecule has 0 amide bonds. The topological polar surface area (TPSA) is 0 Å². The fourth-order valence-electron chi connectivity index (χ4n) is 0.573. The van der Waals surface area contributed by atoms with Gasteiger partial charge in [-0.15, -0.1) is 22.9 Å². The van der Waals surface area contributed by atoms with E-state index >= 15 is 0 Å². The molecule has 0 atom stereocenters. The molecule has 0 radical (unpaired) electrons. The third-order valence-corrected chi connectivity index (χ3v) is 3.26. The van der Waals surface area contributed by atoms with Gasteiger partial charge in [-0.2, -0.15) is 0 Å². The van der Waals surface area contributed by atoms with Crippen LogP contribution in [0.1, 0.15) is 10.4 Å². The fourth-order valence-corrected chi connectivity index (χ4v) is 2.05. The van der Waals surface area contributed by atoms with E-state index in [0.29, 0.717) is 5.88 Å². The van der Waals surface area contributed by atoms with Crippen LogP contribution in [0.4, 0.5) is 0 Å². The summed E-state index contributed by atoms with van der Waals surface area (Å²) in [6, 6.07) is 0. The molecule has 0 aromatic carbocycles. The first kappa shape index (κ1) is 7.39. The maximum atomic E-state index is 5.83. The van der Waals surface area contributed by atoms with Crippen molar-refractivity contribution in [2.45, 2.75) is 12.8 Å². The number of alkyl halides is 1. The highest BCUT2D eigenvalue weighted by atomic mass is 35.5. The van der Waals surface area contributed by atoms with Gasteiger partial charge in [0.25, 0.3) is 0 Å². The normalized spacial score (nSPS) is 10.1. The molecule has 3 heteroatoms. The van der Waals surface area contributed by atoms with Crippen molar-refractivity contribution in [3.8, 4) is 0 Å². The van der Waals surface area contributed by atoms with Crippen molar-refractivity contribution in [3.63, 3.8) is 0 Å². The highest BCUT2D eigenvalue weighted by molar-refractivity contribution is 7.11. The number of hydrogen-bond acceptors (Lipinski definition) is 1. The van der Waals surface area contributed by atoms with Crippen LogP contribution in [0.15, 0.2) is 5.38 Å². The largest absolute Gasteiger partial charge is 0.146 e. The van der Waals surface area contributed by atoms with Crippen LogP contribution in [0.25, 0.3) is 0 Å². The van der Waals surface area contributed by atoms with Crippen molar-refractivity contribution in [2.75, 3.05) is 0 Å². The van der Waals surface area contributed by atoms with Gasteiger partial charge in [0.1, 0.15) is 0 Å². The minimum Gasteiger partial charge on any atom is -0.146 e. The molecule has 0 spiro atoms. The van der Waals surface area contributed by atoms with E-state index < -0.39 is 0 Å². The lowest BCUT2D eigenvalue weighted by molar-refractivity contribution is 1.47. The zero-order chi connectivity index (χ0) is 6.85. The molecule has 0 aliphatic carbocycles. The fraction of sp³-hybridized carbons (Fsp3) is 0.333. The van der Waals surface area contributed by atoms with Gasteiger partial charge in [0.2, 0.25) is 0 Å². The van der Waals surface area contributed by atoms with Crippen LogP contribution >= 0.6 is 34.5 Å². The summed E-state index contributed by atoms with van der Waals surface area (Å²) in [5, 5.41) is 2.84. The first-order chi connectivity index (χ1) is 4.25. The Morgan fingerprint density at radius 2 is 2.33 bits per heavy atom. The summed E-state index contributed by atoms with van der Waals surface area (Å²) >= 11 is 13.0. The van der Waals surface area contributed by atoms with Crippen molar-refractivity contribution in [2.24, 2.45) is 0 Å². The van der Waals surface area contributed by atoms with Gasteiger partial charge < -0.3 is 0 Å². The average molecular weight is 181 g/mol. The summed E-state index contributed by atoms with van der Waals surface area (Å²) in [5.41, 5.74) is 1.12. The van der Waals surface area contributed by atoms with E-state index in [1.807, 2.05) is 12.3 Å². The molecule has 0 fully saturated rings. The van der Waals surface area contributed by atoms with Gasteiger partial charge in [0.05, 0.1) is 10.9 Å². The number of rotatable bonds is 1. The van der Waals surface area contributed by atoms with Gasteiger partial charge in [-0.1, -0.05) is 11.6 Å². The molecule has 0 aliphatic heterocycles. The van der Waals surface area contributed by atoms with Gasteiger partial charge in [-0.25, -0.2) is 0 Å². The maximum absolute atomic E-state index is 5.83. The summed E-state index contributed by atoms with van der Waals surface area (Å²) in [6.45, 7) is 1.98. The zero-order valence-corrected chi connectivity index (χ0v) is 7.28. The molecular formula is C6H6Cl2S. The molecule has 0 aliphatic rings. The van der Waals surface area contributed by atoms with Crippen molar-refractivity contribution in [3.05, 3.63) is 20.8 Å². The Morgan fingerprint density at radius 1 is 1.67 bits per heavy atom. The SMILES string of the molecule is Cc1csc(CCl)c1Cl. The third-order valence-electron chi connectivity index (χ3n) is 1.09. The van der Waals surface area contributed by atoms with Gasteiger partial charge in [-0.3, -0.25) is 0 Å². The second-order valence-electron chi connectivity index (χ2n) is 1.79.